The molecular weight excluding hydrogens is 304 g/mol. The molecule has 1 aromatic heterocycles. The maximum Gasteiger partial charge on any atom is 0.329 e. The number of ether oxygens (including phenoxy) is 1. The molecule has 5 nitrogen and oxygen atoms in total. The highest BCUT2D eigenvalue weighted by atomic mass is 16.5. The maximum absolute atomic E-state index is 12.7. The summed E-state index contributed by atoms with van der Waals surface area (Å²) in [6, 6.07) is 7.77. The van der Waals surface area contributed by atoms with E-state index in [0.717, 1.165) is 43.1 Å². The molecular formula is C19H26N2O3. The monoisotopic (exact) mass is 330 g/mol. The number of imidazole rings is 1. The Kier molecular flexibility index (Phi) is 5.38. The molecule has 1 aromatic carbocycles. The zero-order valence-corrected chi connectivity index (χ0v) is 14.4. The molecule has 1 fully saturated rings. The third-order valence-electron chi connectivity index (χ3n) is 4.76. The van der Waals surface area contributed by atoms with E-state index in [1.165, 1.54) is 6.42 Å². The van der Waals surface area contributed by atoms with Crippen molar-refractivity contribution in [2.24, 2.45) is 0 Å². The second-order valence-electron chi connectivity index (χ2n) is 6.57. The quantitative estimate of drug-likeness (QED) is 0.762. The van der Waals surface area contributed by atoms with Crippen LogP contribution in [0.3, 0.4) is 0 Å². The normalized spacial score (nSPS) is 15.7. The van der Waals surface area contributed by atoms with E-state index in [-0.39, 0.29) is 24.2 Å². The van der Waals surface area contributed by atoms with Crippen molar-refractivity contribution >= 4 is 17.0 Å². The van der Waals surface area contributed by atoms with Gasteiger partial charge in [0.15, 0.2) is 0 Å². The Balaban J connectivity index is 1.71. The van der Waals surface area contributed by atoms with Gasteiger partial charge in [-0.3, -0.25) is 13.9 Å². The van der Waals surface area contributed by atoms with Gasteiger partial charge in [0.25, 0.3) is 0 Å². The van der Waals surface area contributed by atoms with Crippen LogP contribution < -0.4 is 5.69 Å². The highest BCUT2D eigenvalue weighted by Gasteiger charge is 2.18. The molecule has 5 heteroatoms. The average molecular weight is 330 g/mol. The molecule has 1 saturated carbocycles. The van der Waals surface area contributed by atoms with Gasteiger partial charge in [-0.25, -0.2) is 4.79 Å². The van der Waals surface area contributed by atoms with E-state index in [4.69, 9.17) is 4.74 Å². The van der Waals surface area contributed by atoms with E-state index in [0.29, 0.717) is 13.1 Å². The first kappa shape index (κ1) is 16.8. The molecule has 1 heterocycles. The molecule has 0 N–H and O–H groups in total. The van der Waals surface area contributed by atoms with Gasteiger partial charge in [-0.2, -0.15) is 0 Å². The molecule has 3 rings (SSSR count). The van der Waals surface area contributed by atoms with Gasteiger partial charge in [0, 0.05) is 13.1 Å². The molecule has 2 aromatic rings. The highest BCUT2D eigenvalue weighted by molar-refractivity contribution is 5.76. The number of nitrogens with zero attached hydrogens (tertiary/aromatic N) is 2. The summed E-state index contributed by atoms with van der Waals surface area (Å²) in [5, 5.41) is 0. The Morgan fingerprint density at radius 3 is 2.33 bits per heavy atom. The van der Waals surface area contributed by atoms with Crippen molar-refractivity contribution in [2.75, 3.05) is 0 Å². The molecule has 24 heavy (non-hydrogen) atoms. The van der Waals surface area contributed by atoms with Gasteiger partial charge in [0.05, 0.1) is 17.5 Å². The fraction of sp³-hybridized carbons (Fsp3) is 0.579. The molecule has 0 amide bonds. The molecule has 0 radical (unpaired) electrons. The Hall–Kier alpha value is -2.04. The van der Waals surface area contributed by atoms with Crippen molar-refractivity contribution in [3.8, 4) is 0 Å². The summed E-state index contributed by atoms with van der Waals surface area (Å²) in [5.41, 5.74) is 1.79. The van der Waals surface area contributed by atoms with Gasteiger partial charge in [-0.1, -0.05) is 25.5 Å². The number of fused-ring (bicyclic) bond motifs is 1. The van der Waals surface area contributed by atoms with E-state index in [1.807, 2.05) is 24.3 Å². The molecule has 1 aliphatic rings. The Morgan fingerprint density at radius 1 is 1.08 bits per heavy atom. The molecule has 0 saturated heterocycles. The van der Waals surface area contributed by atoms with Crippen molar-refractivity contribution in [1.29, 1.82) is 0 Å². The summed E-state index contributed by atoms with van der Waals surface area (Å²) in [4.78, 5) is 24.8. The van der Waals surface area contributed by atoms with Crippen molar-refractivity contribution in [3.05, 3.63) is 34.7 Å². The van der Waals surface area contributed by atoms with Gasteiger partial charge in [-0.15, -0.1) is 0 Å². The SMILES string of the molecule is CCCn1c(=O)n(CCC(=O)OC2CCCCC2)c2ccccc21. The first-order valence-corrected chi connectivity index (χ1v) is 9.08. The van der Waals surface area contributed by atoms with Crippen LogP contribution >= 0.6 is 0 Å². The summed E-state index contributed by atoms with van der Waals surface area (Å²) in [7, 11) is 0. The minimum Gasteiger partial charge on any atom is -0.462 e. The summed E-state index contributed by atoms with van der Waals surface area (Å²) >= 11 is 0. The first-order chi connectivity index (χ1) is 11.7. The van der Waals surface area contributed by atoms with E-state index in [2.05, 4.69) is 6.92 Å². The summed E-state index contributed by atoms with van der Waals surface area (Å²) in [5.74, 6) is -0.193. The van der Waals surface area contributed by atoms with Gasteiger partial charge in [0.1, 0.15) is 6.10 Å². The number of carbonyl (C=O) groups excluding carboxylic acids is 1. The van der Waals surface area contributed by atoms with Crippen LogP contribution in [0.25, 0.3) is 11.0 Å². The molecule has 0 atom stereocenters. The van der Waals surface area contributed by atoms with Crippen LogP contribution in [0.15, 0.2) is 29.1 Å². The molecule has 0 unspecified atom stereocenters. The van der Waals surface area contributed by atoms with Gasteiger partial charge in [-0.05, 0) is 44.2 Å². The van der Waals surface area contributed by atoms with E-state index in [1.54, 1.807) is 9.13 Å². The number of benzene rings is 1. The molecule has 130 valence electrons. The van der Waals surface area contributed by atoms with Gasteiger partial charge >= 0.3 is 11.7 Å². The average Bonchev–Trinajstić information content (AvgIpc) is 2.86. The van der Waals surface area contributed by atoms with Crippen molar-refractivity contribution in [3.63, 3.8) is 0 Å². The van der Waals surface area contributed by atoms with E-state index in [9.17, 15) is 9.59 Å². The lowest BCUT2D eigenvalue weighted by Gasteiger charge is -2.21. The van der Waals surface area contributed by atoms with Crippen molar-refractivity contribution < 1.29 is 9.53 Å². The Bertz CT molecular complexity index is 754. The predicted molar refractivity (Wildman–Crippen MR) is 94.1 cm³/mol. The number of carbonyl (C=O) groups is 1. The minimum absolute atomic E-state index is 0.0384. The lowest BCUT2D eigenvalue weighted by Crippen LogP contribution is -2.26. The number of aromatic nitrogens is 2. The smallest absolute Gasteiger partial charge is 0.329 e. The summed E-state index contributed by atoms with van der Waals surface area (Å²) < 4.78 is 9.05. The van der Waals surface area contributed by atoms with Gasteiger partial charge in [0.2, 0.25) is 0 Å². The topological polar surface area (TPSA) is 53.2 Å². The lowest BCUT2D eigenvalue weighted by molar-refractivity contribution is -0.150. The van der Waals surface area contributed by atoms with E-state index < -0.39 is 0 Å². The number of aryl methyl sites for hydroxylation is 2. The standard InChI is InChI=1S/C19H26N2O3/c1-2-13-20-16-10-6-7-11-17(16)21(19(20)23)14-12-18(22)24-15-8-4-3-5-9-15/h6-7,10-11,15H,2-5,8-9,12-14H2,1H3. The number of hydrogen-bond donors (Lipinski definition) is 0. The molecule has 1 aliphatic carbocycles. The fourth-order valence-electron chi connectivity index (χ4n) is 3.56. The van der Waals surface area contributed by atoms with Crippen LogP contribution in [-0.2, 0) is 22.6 Å². The first-order valence-electron chi connectivity index (χ1n) is 9.08. The van der Waals surface area contributed by atoms with Crippen LogP contribution in [0.1, 0.15) is 51.9 Å². The molecule has 0 spiro atoms. The Labute approximate surface area is 142 Å². The number of esters is 1. The number of rotatable bonds is 6. The molecule has 0 aliphatic heterocycles. The van der Waals surface area contributed by atoms with Crippen LogP contribution in [0.2, 0.25) is 0 Å². The highest BCUT2D eigenvalue weighted by Crippen LogP contribution is 2.21. The second kappa shape index (κ2) is 7.69. The third-order valence-corrected chi connectivity index (χ3v) is 4.76. The summed E-state index contributed by atoms with van der Waals surface area (Å²) in [6.07, 6.45) is 6.69. The lowest BCUT2D eigenvalue weighted by atomic mass is 9.98. The van der Waals surface area contributed by atoms with Crippen LogP contribution in [0, 0.1) is 0 Å². The van der Waals surface area contributed by atoms with E-state index >= 15 is 0 Å². The van der Waals surface area contributed by atoms with Crippen LogP contribution in [0.4, 0.5) is 0 Å². The maximum atomic E-state index is 12.7. The zero-order valence-electron chi connectivity index (χ0n) is 14.4. The van der Waals surface area contributed by atoms with Gasteiger partial charge < -0.3 is 4.74 Å². The van der Waals surface area contributed by atoms with Crippen LogP contribution in [-0.4, -0.2) is 21.2 Å². The van der Waals surface area contributed by atoms with Crippen LogP contribution in [0.5, 0.6) is 0 Å². The predicted octanol–water partition coefficient (Wildman–Crippen LogP) is 3.48. The Morgan fingerprint density at radius 2 is 1.71 bits per heavy atom. The second-order valence-corrected chi connectivity index (χ2v) is 6.57. The summed E-state index contributed by atoms with van der Waals surface area (Å²) in [6.45, 7) is 3.13. The third kappa shape index (κ3) is 3.55. The zero-order chi connectivity index (χ0) is 16.9. The fourth-order valence-corrected chi connectivity index (χ4v) is 3.56. The minimum atomic E-state index is -0.193. The van der Waals surface area contributed by atoms with Crippen molar-refractivity contribution in [1.82, 2.24) is 9.13 Å². The largest absolute Gasteiger partial charge is 0.462 e. The van der Waals surface area contributed by atoms with Crippen molar-refractivity contribution in [2.45, 2.75) is 71.1 Å². The number of hydrogen-bond acceptors (Lipinski definition) is 3. The molecule has 0 bridgehead atoms. The number of para-hydroxylation sites is 2.